The number of hydrogen-bond donors (Lipinski definition) is 0. The summed E-state index contributed by atoms with van der Waals surface area (Å²) in [5.41, 5.74) is 2.80. The Balaban J connectivity index is 1.80. The first-order chi connectivity index (χ1) is 10.8. The maximum Gasteiger partial charge on any atom is 0.180 e. The highest BCUT2D eigenvalue weighted by atomic mass is 16.5. The molecular formula is C16H17N5O. The van der Waals surface area contributed by atoms with Crippen LogP contribution in [-0.2, 0) is 4.74 Å². The highest BCUT2D eigenvalue weighted by Crippen LogP contribution is 2.23. The Morgan fingerprint density at radius 1 is 1.09 bits per heavy atom. The van der Waals surface area contributed by atoms with Gasteiger partial charge in [0.1, 0.15) is 17.2 Å². The number of nitrogens with zero attached hydrogens (tertiary/aromatic N) is 5. The number of ether oxygens (including phenoxy) is 1. The number of hydrogen-bond acceptors (Lipinski definition) is 5. The van der Waals surface area contributed by atoms with Gasteiger partial charge in [0.2, 0.25) is 0 Å². The van der Waals surface area contributed by atoms with E-state index in [4.69, 9.17) is 9.72 Å². The number of imidazole rings is 1. The lowest BCUT2D eigenvalue weighted by Gasteiger charge is -2.27. The second-order valence-corrected chi connectivity index (χ2v) is 5.31. The zero-order chi connectivity index (χ0) is 14.9. The van der Waals surface area contributed by atoms with E-state index in [1.54, 1.807) is 0 Å². The zero-order valence-corrected chi connectivity index (χ0v) is 12.4. The van der Waals surface area contributed by atoms with Crippen molar-refractivity contribution < 1.29 is 4.74 Å². The van der Waals surface area contributed by atoms with E-state index in [1.165, 1.54) is 0 Å². The molecule has 6 heteroatoms. The first-order valence-corrected chi connectivity index (χ1v) is 7.43. The van der Waals surface area contributed by atoms with Crippen molar-refractivity contribution in [1.82, 2.24) is 19.4 Å². The number of fused-ring (bicyclic) bond motifs is 1. The van der Waals surface area contributed by atoms with Crippen LogP contribution in [0.4, 0.5) is 5.82 Å². The summed E-state index contributed by atoms with van der Waals surface area (Å²) in [5.74, 6) is 1.65. The van der Waals surface area contributed by atoms with Gasteiger partial charge in [-0.15, -0.1) is 0 Å². The number of aromatic nitrogens is 4. The molecule has 3 aromatic heterocycles. The number of anilines is 1. The van der Waals surface area contributed by atoms with Crippen LogP contribution in [0.3, 0.4) is 0 Å². The van der Waals surface area contributed by atoms with Crippen molar-refractivity contribution in [3.63, 3.8) is 0 Å². The number of pyridine rings is 1. The molecule has 0 amide bonds. The van der Waals surface area contributed by atoms with Gasteiger partial charge in [-0.2, -0.15) is 0 Å². The SMILES string of the molecule is Cc1nc2ccccn2c1-c1nccc(N2CCOCC2)n1. The fraction of sp³-hybridized carbons (Fsp3) is 0.312. The lowest BCUT2D eigenvalue weighted by Crippen LogP contribution is -2.36. The van der Waals surface area contributed by atoms with Crippen LogP contribution in [0.2, 0.25) is 0 Å². The molecule has 6 nitrogen and oxygen atoms in total. The van der Waals surface area contributed by atoms with Gasteiger partial charge in [-0.05, 0) is 25.1 Å². The predicted molar refractivity (Wildman–Crippen MR) is 84.0 cm³/mol. The van der Waals surface area contributed by atoms with Crippen LogP contribution in [-0.4, -0.2) is 45.7 Å². The van der Waals surface area contributed by atoms with Crippen molar-refractivity contribution in [3.8, 4) is 11.5 Å². The normalized spacial score (nSPS) is 15.4. The molecule has 112 valence electrons. The average Bonchev–Trinajstić information content (AvgIpc) is 2.91. The molecule has 1 aliphatic heterocycles. The molecule has 0 radical (unpaired) electrons. The lowest BCUT2D eigenvalue weighted by atomic mass is 10.3. The molecule has 0 bridgehead atoms. The molecule has 0 N–H and O–H groups in total. The zero-order valence-electron chi connectivity index (χ0n) is 12.4. The highest BCUT2D eigenvalue weighted by Gasteiger charge is 2.17. The molecule has 0 spiro atoms. The molecule has 22 heavy (non-hydrogen) atoms. The molecule has 0 unspecified atom stereocenters. The van der Waals surface area contributed by atoms with E-state index in [1.807, 2.05) is 48.0 Å². The van der Waals surface area contributed by atoms with Gasteiger partial charge in [0.05, 0.1) is 18.9 Å². The summed E-state index contributed by atoms with van der Waals surface area (Å²) in [6, 6.07) is 7.91. The van der Waals surface area contributed by atoms with Gasteiger partial charge in [0.25, 0.3) is 0 Å². The standard InChI is InChI=1S/C16H17N5O/c1-12-15(21-7-3-2-4-14(21)18-12)16-17-6-5-13(19-16)20-8-10-22-11-9-20/h2-7H,8-11H2,1H3. The van der Waals surface area contributed by atoms with E-state index in [0.29, 0.717) is 5.82 Å². The van der Waals surface area contributed by atoms with Crippen LogP contribution in [0, 0.1) is 6.92 Å². The third-order valence-corrected chi connectivity index (χ3v) is 3.89. The fourth-order valence-corrected chi connectivity index (χ4v) is 2.81. The largest absolute Gasteiger partial charge is 0.378 e. The van der Waals surface area contributed by atoms with Gasteiger partial charge in [0, 0.05) is 25.5 Å². The molecule has 1 fully saturated rings. The van der Waals surface area contributed by atoms with E-state index in [2.05, 4.69) is 14.9 Å². The first-order valence-electron chi connectivity index (χ1n) is 7.43. The van der Waals surface area contributed by atoms with Gasteiger partial charge < -0.3 is 9.64 Å². The summed E-state index contributed by atoms with van der Waals surface area (Å²) in [6.45, 7) is 5.21. The van der Waals surface area contributed by atoms with Crippen molar-refractivity contribution in [2.75, 3.05) is 31.2 Å². The van der Waals surface area contributed by atoms with Gasteiger partial charge in [-0.1, -0.05) is 6.07 Å². The van der Waals surface area contributed by atoms with Gasteiger partial charge in [-0.25, -0.2) is 15.0 Å². The Morgan fingerprint density at radius 3 is 2.82 bits per heavy atom. The lowest BCUT2D eigenvalue weighted by molar-refractivity contribution is 0.122. The van der Waals surface area contributed by atoms with Crippen LogP contribution in [0.1, 0.15) is 5.69 Å². The van der Waals surface area contributed by atoms with Crippen molar-refractivity contribution in [3.05, 3.63) is 42.4 Å². The fourth-order valence-electron chi connectivity index (χ4n) is 2.81. The quantitative estimate of drug-likeness (QED) is 0.723. The smallest absolute Gasteiger partial charge is 0.180 e. The van der Waals surface area contributed by atoms with Crippen molar-refractivity contribution in [2.45, 2.75) is 6.92 Å². The summed E-state index contributed by atoms with van der Waals surface area (Å²) < 4.78 is 7.44. The molecule has 0 aromatic carbocycles. The predicted octanol–water partition coefficient (Wildman–Crippen LogP) is 1.94. The average molecular weight is 295 g/mol. The van der Waals surface area contributed by atoms with Crippen molar-refractivity contribution >= 4 is 11.5 Å². The van der Waals surface area contributed by atoms with E-state index < -0.39 is 0 Å². The van der Waals surface area contributed by atoms with Crippen LogP contribution in [0.25, 0.3) is 17.2 Å². The molecule has 1 saturated heterocycles. The molecule has 3 aromatic rings. The van der Waals surface area contributed by atoms with E-state index in [9.17, 15) is 0 Å². The third-order valence-electron chi connectivity index (χ3n) is 3.89. The molecule has 4 rings (SSSR count). The molecule has 0 atom stereocenters. The topological polar surface area (TPSA) is 55.5 Å². The second-order valence-electron chi connectivity index (χ2n) is 5.31. The summed E-state index contributed by atoms with van der Waals surface area (Å²) in [5, 5.41) is 0. The van der Waals surface area contributed by atoms with Gasteiger partial charge >= 0.3 is 0 Å². The summed E-state index contributed by atoms with van der Waals surface area (Å²) >= 11 is 0. The van der Waals surface area contributed by atoms with Crippen molar-refractivity contribution in [1.29, 1.82) is 0 Å². The minimum atomic E-state index is 0.709. The number of rotatable bonds is 2. The third kappa shape index (κ3) is 2.21. The Labute approximate surface area is 128 Å². The van der Waals surface area contributed by atoms with E-state index in [-0.39, 0.29) is 0 Å². The maximum atomic E-state index is 5.40. The summed E-state index contributed by atoms with van der Waals surface area (Å²) in [4.78, 5) is 16.0. The Morgan fingerprint density at radius 2 is 1.95 bits per heavy atom. The van der Waals surface area contributed by atoms with E-state index in [0.717, 1.165) is 49.2 Å². The Kier molecular flexibility index (Phi) is 3.23. The molecule has 0 aliphatic carbocycles. The highest BCUT2D eigenvalue weighted by molar-refractivity contribution is 5.62. The molecule has 1 aliphatic rings. The minimum absolute atomic E-state index is 0.709. The van der Waals surface area contributed by atoms with Crippen LogP contribution in [0.5, 0.6) is 0 Å². The van der Waals surface area contributed by atoms with Gasteiger partial charge in [-0.3, -0.25) is 4.40 Å². The summed E-state index contributed by atoms with van der Waals surface area (Å²) in [6.07, 6.45) is 3.81. The number of morpholine rings is 1. The van der Waals surface area contributed by atoms with Crippen LogP contribution in [0.15, 0.2) is 36.7 Å². The first kappa shape index (κ1) is 13.2. The molecule has 4 heterocycles. The monoisotopic (exact) mass is 295 g/mol. The van der Waals surface area contributed by atoms with Crippen LogP contribution >= 0.6 is 0 Å². The van der Waals surface area contributed by atoms with E-state index >= 15 is 0 Å². The van der Waals surface area contributed by atoms with Crippen LogP contribution < -0.4 is 4.90 Å². The minimum Gasteiger partial charge on any atom is -0.378 e. The Bertz CT molecular complexity index is 807. The Hall–Kier alpha value is -2.47. The van der Waals surface area contributed by atoms with Crippen molar-refractivity contribution in [2.24, 2.45) is 0 Å². The summed E-state index contributed by atoms with van der Waals surface area (Å²) in [7, 11) is 0. The number of aryl methyl sites for hydroxylation is 1. The molecular weight excluding hydrogens is 278 g/mol. The van der Waals surface area contributed by atoms with Gasteiger partial charge in [0.15, 0.2) is 5.82 Å². The molecule has 0 saturated carbocycles. The maximum absolute atomic E-state index is 5.40. The second kappa shape index (κ2) is 5.38.